The Hall–Kier alpha value is -3.63. The molecule has 2 aromatic heterocycles. The Bertz CT molecular complexity index is 1360. The molecule has 1 amide bonds. The van der Waals surface area contributed by atoms with Gasteiger partial charge in [-0.3, -0.25) is 9.36 Å². The van der Waals surface area contributed by atoms with Crippen molar-refractivity contribution in [1.29, 1.82) is 0 Å². The van der Waals surface area contributed by atoms with Crippen LogP contribution in [0.3, 0.4) is 0 Å². The molecule has 0 aliphatic carbocycles. The van der Waals surface area contributed by atoms with Crippen LogP contribution in [-0.2, 0) is 20.6 Å². The number of imidazole rings is 1. The highest BCUT2D eigenvalue weighted by Gasteiger charge is 2.20. The minimum atomic E-state index is -3.73. The number of aromatic nitrogens is 4. The molecule has 2 aromatic rings. The normalized spacial score (nSPS) is 14.7. The standard InChI is InChI=1S/C33H50N7O4P/c1-3-4-5-6-7-8-9-10-11-12-13-14-15-16-17-18-19-20-21-22-30(41)35-23-24-39-45(42,43)28-44-29(2)25-40-27-38-31-32(34)36-26-37-33(31)40/h4-5,7-8,10-11,13-14,16-17,19-20,26-27,29H,3,6,9,12,15,18,21-25,28H2,1-2H3,(H,35,41)(H2,34,36,37)(H2,39,42,43)/b5-4-,8-7-,11-10-,14-13-,17-16-,20-19-/t29-/m1/s1. The van der Waals surface area contributed by atoms with Crippen LogP contribution in [0.1, 0.15) is 65.2 Å². The zero-order valence-electron chi connectivity index (χ0n) is 26.6. The molecule has 0 aliphatic rings. The molecule has 0 radical (unpaired) electrons. The molecule has 2 atom stereocenters. The van der Waals surface area contributed by atoms with Gasteiger partial charge in [-0.2, -0.15) is 0 Å². The molecule has 0 saturated carbocycles. The Morgan fingerprint density at radius 2 is 1.51 bits per heavy atom. The number of ether oxygens (including phenoxy) is 1. The molecule has 0 aromatic carbocycles. The average Bonchev–Trinajstić information content (AvgIpc) is 3.43. The first-order valence-corrected chi connectivity index (χ1v) is 17.4. The molecule has 1 unspecified atom stereocenters. The van der Waals surface area contributed by atoms with Crippen molar-refractivity contribution in [1.82, 2.24) is 29.9 Å². The summed E-state index contributed by atoms with van der Waals surface area (Å²) in [6.45, 7) is 4.70. The SMILES string of the molecule is CC/C=C\C/C=C\C/C=C\C/C=C\C/C=C\C/C=C\CCC(=O)NCCNP(=O)(O)CO[C@H](C)Cn1cnc2c(N)ncnc21. The Morgan fingerprint density at radius 3 is 2.11 bits per heavy atom. The van der Waals surface area contributed by atoms with Gasteiger partial charge in [0.05, 0.1) is 19.0 Å². The molecule has 5 N–H and O–H groups in total. The summed E-state index contributed by atoms with van der Waals surface area (Å²) in [7, 11) is -3.73. The summed E-state index contributed by atoms with van der Waals surface area (Å²) in [5.41, 5.74) is 6.87. The van der Waals surface area contributed by atoms with Crippen molar-refractivity contribution in [3.63, 3.8) is 0 Å². The summed E-state index contributed by atoms with van der Waals surface area (Å²) in [5.74, 6) is 0.183. The first-order chi connectivity index (χ1) is 21.8. The van der Waals surface area contributed by atoms with E-state index < -0.39 is 7.52 Å². The lowest BCUT2D eigenvalue weighted by molar-refractivity contribution is -0.120. The molecule has 246 valence electrons. The largest absolute Gasteiger partial charge is 0.382 e. The number of fused-ring (bicyclic) bond motifs is 1. The van der Waals surface area contributed by atoms with Gasteiger partial charge in [0.2, 0.25) is 5.91 Å². The lowest BCUT2D eigenvalue weighted by Gasteiger charge is -2.18. The zero-order valence-corrected chi connectivity index (χ0v) is 27.5. The summed E-state index contributed by atoms with van der Waals surface area (Å²) in [6.07, 6.45) is 34.7. The Balaban J connectivity index is 1.47. The number of hydrogen-bond donors (Lipinski definition) is 4. The molecule has 0 bridgehead atoms. The summed E-state index contributed by atoms with van der Waals surface area (Å²) in [6, 6.07) is 0. The number of hydrogen-bond acceptors (Lipinski definition) is 7. The second-order valence-corrected chi connectivity index (χ2v) is 12.3. The van der Waals surface area contributed by atoms with Gasteiger partial charge in [0.1, 0.15) is 18.2 Å². The summed E-state index contributed by atoms with van der Waals surface area (Å²) in [5, 5.41) is 5.33. The van der Waals surface area contributed by atoms with Crippen LogP contribution >= 0.6 is 7.52 Å². The van der Waals surface area contributed by atoms with Crippen molar-refractivity contribution in [2.24, 2.45) is 0 Å². The van der Waals surface area contributed by atoms with Crippen LogP contribution in [0.15, 0.2) is 85.6 Å². The molecule has 45 heavy (non-hydrogen) atoms. The number of nitrogens with zero attached hydrogens (tertiary/aromatic N) is 4. The maximum atomic E-state index is 12.4. The second kappa shape index (κ2) is 22.8. The van der Waals surface area contributed by atoms with E-state index in [1.165, 1.54) is 6.33 Å². The number of amides is 1. The first-order valence-electron chi connectivity index (χ1n) is 15.6. The monoisotopic (exact) mass is 639 g/mol. The fraction of sp³-hybridized carbons (Fsp3) is 0.455. The molecule has 12 heteroatoms. The molecule has 0 fully saturated rings. The lowest BCUT2D eigenvalue weighted by atomic mass is 10.2. The molecular weight excluding hydrogens is 589 g/mol. The van der Waals surface area contributed by atoms with Crippen LogP contribution < -0.4 is 16.1 Å². The van der Waals surface area contributed by atoms with Crippen molar-refractivity contribution in [3.8, 4) is 0 Å². The van der Waals surface area contributed by atoms with Gasteiger partial charge in [0.15, 0.2) is 11.5 Å². The number of anilines is 1. The molecule has 0 aliphatic heterocycles. The number of nitrogens with one attached hydrogen (secondary N) is 2. The van der Waals surface area contributed by atoms with Gasteiger partial charge in [-0.15, -0.1) is 0 Å². The van der Waals surface area contributed by atoms with Gasteiger partial charge in [0, 0.05) is 19.5 Å². The number of rotatable bonds is 23. The van der Waals surface area contributed by atoms with E-state index in [0.29, 0.717) is 30.6 Å². The quantitative estimate of drug-likeness (QED) is 0.0637. The van der Waals surface area contributed by atoms with E-state index in [2.05, 4.69) is 93.0 Å². The number of nitrogens with two attached hydrogens (primary N) is 1. The van der Waals surface area contributed by atoms with Crippen molar-refractivity contribution in [2.45, 2.75) is 77.9 Å². The van der Waals surface area contributed by atoms with Crippen molar-refractivity contribution >= 4 is 30.4 Å². The predicted molar refractivity (Wildman–Crippen MR) is 183 cm³/mol. The number of nitrogen functional groups attached to an aromatic ring is 1. The van der Waals surface area contributed by atoms with Gasteiger partial charge < -0.3 is 25.2 Å². The summed E-state index contributed by atoms with van der Waals surface area (Å²) >= 11 is 0. The molecule has 2 heterocycles. The van der Waals surface area contributed by atoms with E-state index in [1.54, 1.807) is 17.8 Å². The van der Waals surface area contributed by atoms with Gasteiger partial charge in [-0.25, -0.2) is 20.0 Å². The third kappa shape index (κ3) is 17.4. The van der Waals surface area contributed by atoms with E-state index in [0.717, 1.165) is 38.5 Å². The lowest BCUT2D eigenvalue weighted by Crippen LogP contribution is -2.31. The van der Waals surface area contributed by atoms with Gasteiger partial charge in [-0.1, -0.05) is 79.8 Å². The van der Waals surface area contributed by atoms with Crippen molar-refractivity contribution in [3.05, 3.63) is 85.6 Å². The van der Waals surface area contributed by atoms with E-state index in [9.17, 15) is 14.3 Å². The van der Waals surface area contributed by atoms with Gasteiger partial charge in [-0.05, 0) is 51.9 Å². The van der Waals surface area contributed by atoms with Crippen LogP contribution in [-0.4, -0.2) is 55.9 Å². The van der Waals surface area contributed by atoms with E-state index >= 15 is 0 Å². The minimum Gasteiger partial charge on any atom is -0.382 e. The van der Waals surface area contributed by atoms with E-state index in [4.69, 9.17) is 10.5 Å². The highest BCUT2D eigenvalue weighted by atomic mass is 31.2. The van der Waals surface area contributed by atoms with Gasteiger partial charge >= 0.3 is 0 Å². The molecule has 0 spiro atoms. The third-order valence-corrected chi connectivity index (χ3v) is 7.57. The van der Waals surface area contributed by atoms with Crippen molar-refractivity contribution < 1.29 is 19.0 Å². The third-order valence-electron chi connectivity index (χ3n) is 6.36. The maximum absolute atomic E-state index is 12.4. The van der Waals surface area contributed by atoms with E-state index in [1.807, 2.05) is 12.2 Å². The maximum Gasteiger partial charge on any atom is 0.292 e. The molecule has 0 saturated heterocycles. The first kappa shape index (κ1) is 37.6. The Morgan fingerprint density at radius 1 is 0.933 bits per heavy atom. The molecule has 2 rings (SSSR count). The number of allylic oxidation sites excluding steroid dienone is 12. The Labute approximate surface area is 267 Å². The fourth-order valence-corrected chi connectivity index (χ4v) is 5.02. The zero-order chi connectivity index (χ0) is 32.6. The Kier molecular flexibility index (Phi) is 19.0. The second-order valence-electron chi connectivity index (χ2n) is 10.3. The molecular formula is C33H50N7O4P. The van der Waals surface area contributed by atoms with Crippen LogP contribution in [0.2, 0.25) is 0 Å². The topological polar surface area (TPSA) is 157 Å². The van der Waals surface area contributed by atoms with Crippen LogP contribution in [0.4, 0.5) is 5.82 Å². The van der Waals surface area contributed by atoms with Gasteiger partial charge in [0.25, 0.3) is 7.52 Å². The number of carbonyl (C=O) groups excluding carboxylic acids is 1. The van der Waals surface area contributed by atoms with E-state index in [-0.39, 0.29) is 37.3 Å². The minimum absolute atomic E-state index is 0.106. The van der Waals surface area contributed by atoms with Crippen molar-refractivity contribution in [2.75, 3.05) is 25.2 Å². The average molecular weight is 640 g/mol. The van der Waals surface area contributed by atoms with Crippen LogP contribution in [0.25, 0.3) is 11.2 Å². The highest BCUT2D eigenvalue weighted by molar-refractivity contribution is 7.55. The summed E-state index contributed by atoms with van der Waals surface area (Å²) in [4.78, 5) is 34.5. The highest BCUT2D eigenvalue weighted by Crippen LogP contribution is 2.35. The smallest absolute Gasteiger partial charge is 0.292 e. The predicted octanol–water partition coefficient (Wildman–Crippen LogP) is 6.14. The molecule has 11 nitrogen and oxygen atoms in total. The van der Waals surface area contributed by atoms with Crippen LogP contribution in [0, 0.1) is 0 Å². The fourth-order valence-electron chi connectivity index (χ4n) is 4.01. The number of carbonyl (C=O) groups is 1. The summed E-state index contributed by atoms with van der Waals surface area (Å²) < 4.78 is 19.7. The van der Waals surface area contributed by atoms with Crippen LogP contribution in [0.5, 0.6) is 0 Å².